The molecule has 1 aromatic heterocycles. The first-order valence-electron chi connectivity index (χ1n) is 9.22. The van der Waals surface area contributed by atoms with Gasteiger partial charge in [0.25, 0.3) is 0 Å². The molecular weight excluding hydrogens is 342 g/mol. The number of benzene rings is 1. The summed E-state index contributed by atoms with van der Waals surface area (Å²) < 4.78 is 5.39. The topological polar surface area (TPSA) is 71.5 Å². The standard InChI is InChI=1S/C21H25N3O3/c1-15-5-7-17(8-6-15)14-27-21(26)24-12-9-18(10-13-24)20(25)23-19-16(2)4-3-11-22-19/h3-8,11,18H,9-10,12-14H2,1-2H3,(H,22,23,25). The van der Waals surface area contributed by atoms with E-state index < -0.39 is 0 Å². The highest BCUT2D eigenvalue weighted by atomic mass is 16.6. The normalized spacial score (nSPS) is 14.7. The predicted octanol–water partition coefficient (Wildman–Crippen LogP) is 3.69. The molecule has 1 aliphatic rings. The number of hydrogen-bond donors (Lipinski definition) is 1. The molecule has 0 unspecified atom stereocenters. The van der Waals surface area contributed by atoms with Gasteiger partial charge in [-0.05, 0) is 43.9 Å². The zero-order chi connectivity index (χ0) is 19.2. The molecule has 1 aromatic carbocycles. The highest BCUT2D eigenvalue weighted by Crippen LogP contribution is 2.21. The Labute approximate surface area is 159 Å². The second-order valence-corrected chi connectivity index (χ2v) is 6.96. The summed E-state index contributed by atoms with van der Waals surface area (Å²) in [6.07, 6.45) is 2.58. The third kappa shape index (κ3) is 5.06. The van der Waals surface area contributed by atoms with Crippen LogP contribution in [0.15, 0.2) is 42.6 Å². The van der Waals surface area contributed by atoms with Crippen molar-refractivity contribution in [1.82, 2.24) is 9.88 Å². The van der Waals surface area contributed by atoms with Gasteiger partial charge >= 0.3 is 6.09 Å². The van der Waals surface area contributed by atoms with E-state index in [0.717, 1.165) is 11.1 Å². The van der Waals surface area contributed by atoms with Gasteiger partial charge in [-0.3, -0.25) is 4.79 Å². The highest BCUT2D eigenvalue weighted by molar-refractivity contribution is 5.92. The maximum atomic E-state index is 12.4. The minimum absolute atomic E-state index is 0.0375. The number of carbonyl (C=O) groups is 2. The molecule has 0 bridgehead atoms. The zero-order valence-electron chi connectivity index (χ0n) is 15.8. The van der Waals surface area contributed by atoms with Crippen LogP contribution in [0.2, 0.25) is 0 Å². The quantitative estimate of drug-likeness (QED) is 0.895. The van der Waals surface area contributed by atoms with Crippen molar-refractivity contribution in [3.8, 4) is 0 Å². The van der Waals surface area contributed by atoms with Crippen molar-refractivity contribution in [2.24, 2.45) is 5.92 Å². The summed E-state index contributed by atoms with van der Waals surface area (Å²) in [7, 11) is 0. The van der Waals surface area contributed by atoms with Gasteiger partial charge in [-0.15, -0.1) is 0 Å². The third-order valence-electron chi connectivity index (χ3n) is 4.86. The molecule has 1 fully saturated rings. The van der Waals surface area contributed by atoms with Gasteiger partial charge in [0.05, 0.1) is 0 Å². The minimum atomic E-state index is -0.324. The van der Waals surface area contributed by atoms with Gasteiger partial charge in [-0.2, -0.15) is 0 Å². The van der Waals surface area contributed by atoms with Crippen LogP contribution in [0.25, 0.3) is 0 Å². The van der Waals surface area contributed by atoms with Crippen molar-refractivity contribution in [3.05, 3.63) is 59.3 Å². The SMILES string of the molecule is Cc1ccc(COC(=O)N2CCC(C(=O)Nc3ncccc3C)CC2)cc1. The fourth-order valence-electron chi connectivity index (χ4n) is 3.08. The van der Waals surface area contributed by atoms with Crippen LogP contribution in [-0.2, 0) is 16.1 Å². The molecule has 0 saturated carbocycles. The lowest BCUT2D eigenvalue weighted by Crippen LogP contribution is -2.41. The average molecular weight is 367 g/mol. The average Bonchev–Trinajstić information content (AvgIpc) is 2.69. The van der Waals surface area contributed by atoms with Crippen molar-refractivity contribution in [2.45, 2.75) is 33.3 Å². The van der Waals surface area contributed by atoms with Gasteiger partial charge in [-0.25, -0.2) is 9.78 Å². The predicted molar refractivity (Wildman–Crippen MR) is 103 cm³/mol. The van der Waals surface area contributed by atoms with Crippen LogP contribution in [0.3, 0.4) is 0 Å². The molecule has 2 heterocycles. The molecule has 1 aliphatic heterocycles. The first-order valence-corrected chi connectivity index (χ1v) is 9.22. The summed E-state index contributed by atoms with van der Waals surface area (Å²) in [6.45, 7) is 5.23. The highest BCUT2D eigenvalue weighted by Gasteiger charge is 2.28. The van der Waals surface area contributed by atoms with Crippen LogP contribution < -0.4 is 5.32 Å². The maximum Gasteiger partial charge on any atom is 0.410 e. The molecule has 27 heavy (non-hydrogen) atoms. The molecule has 0 atom stereocenters. The van der Waals surface area contributed by atoms with Crippen LogP contribution in [0.1, 0.15) is 29.5 Å². The lowest BCUT2D eigenvalue weighted by atomic mass is 9.96. The number of nitrogens with zero attached hydrogens (tertiary/aromatic N) is 2. The summed E-state index contributed by atoms with van der Waals surface area (Å²) >= 11 is 0. The summed E-state index contributed by atoms with van der Waals surface area (Å²) in [6, 6.07) is 11.7. The number of amides is 2. The van der Waals surface area contributed by atoms with Gasteiger partial charge < -0.3 is 15.0 Å². The van der Waals surface area contributed by atoms with Crippen molar-refractivity contribution >= 4 is 17.8 Å². The number of ether oxygens (including phenoxy) is 1. The number of carbonyl (C=O) groups excluding carboxylic acids is 2. The van der Waals surface area contributed by atoms with Crippen LogP contribution >= 0.6 is 0 Å². The zero-order valence-corrected chi connectivity index (χ0v) is 15.8. The molecule has 1 N–H and O–H groups in total. The number of likely N-dealkylation sites (tertiary alicyclic amines) is 1. The second-order valence-electron chi connectivity index (χ2n) is 6.96. The molecule has 2 aromatic rings. The smallest absolute Gasteiger partial charge is 0.410 e. The Kier molecular flexibility index (Phi) is 6.06. The van der Waals surface area contributed by atoms with E-state index in [1.54, 1.807) is 11.1 Å². The molecule has 0 spiro atoms. The molecule has 142 valence electrons. The van der Waals surface area contributed by atoms with E-state index in [1.807, 2.05) is 50.2 Å². The van der Waals surface area contributed by atoms with Gasteiger partial charge in [-0.1, -0.05) is 35.9 Å². The van der Waals surface area contributed by atoms with Gasteiger partial charge in [0, 0.05) is 25.2 Å². The van der Waals surface area contributed by atoms with E-state index in [0.29, 0.717) is 31.7 Å². The third-order valence-corrected chi connectivity index (χ3v) is 4.86. The summed E-state index contributed by atoms with van der Waals surface area (Å²) in [5.74, 6) is 0.444. The first-order chi connectivity index (χ1) is 13.0. The Hall–Kier alpha value is -2.89. The summed E-state index contributed by atoms with van der Waals surface area (Å²) in [4.78, 5) is 30.6. The van der Waals surface area contributed by atoms with Crippen LogP contribution in [-0.4, -0.2) is 35.0 Å². The lowest BCUT2D eigenvalue weighted by Gasteiger charge is -2.30. The van der Waals surface area contributed by atoms with Crippen molar-refractivity contribution < 1.29 is 14.3 Å². The minimum Gasteiger partial charge on any atom is -0.445 e. The van der Waals surface area contributed by atoms with Gasteiger partial charge in [0.1, 0.15) is 12.4 Å². The maximum absolute atomic E-state index is 12.4. The molecule has 1 saturated heterocycles. The van der Waals surface area contributed by atoms with Gasteiger partial charge in [0.15, 0.2) is 0 Å². The lowest BCUT2D eigenvalue weighted by molar-refractivity contribution is -0.121. The number of pyridine rings is 1. The van der Waals surface area contributed by atoms with Crippen molar-refractivity contribution in [3.63, 3.8) is 0 Å². The molecule has 0 aliphatic carbocycles. The number of anilines is 1. The van der Waals surface area contributed by atoms with Crippen molar-refractivity contribution in [2.75, 3.05) is 18.4 Å². The van der Waals surface area contributed by atoms with Gasteiger partial charge in [0.2, 0.25) is 5.91 Å². The van der Waals surface area contributed by atoms with Crippen LogP contribution in [0, 0.1) is 19.8 Å². The molecule has 6 nitrogen and oxygen atoms in total. The number of piperidine rings is 1. The van der Waals surface area contributed by atoms with E-state index in [4.69, 9.17) is 4.74 Å². The van der Waals surface area contributed by atoms with E-state index in [1.165, 1.54) is 5.56 Å². The molecule has 6 heteroatoms. The fraction of sp³-hybridized carbons (Fsp3) is 0.381. The largest absolute Gasteiger partial charge is 0.445 e. The van der Waals surface area contributed by atoms with E-state index in [9.17, 15) is 9.59 Å². The Morgan fingerprint density at radius 2 is 1.85 bits per heavy atom. The monoisotopic (exact) mass is 367 g/mol. The Morgan fingerprint density at radius 3 is 2.52 bits per heavy atom. The Bertz CT molecular complexity index is 797. The number of aryl methyl sites for hydroxylation is 2. The number of nitrogens with one attached hydrogen (secondary N) is 1. The van der Waals surface area contributed by atoms with E-state index in [-0.39, 0.29) is 24.5 Å². The number of hydrogen-bond acceptors (Lipinski definition) is 4. The van der Waals surface area contributed by atoms with Crippen LogP contribution in [0.4, 0.5) is 10.6 Å². The fourth-order valence-corrected chi connectivity index (χ4v) is 3.08. The number of rotatable bonds is 4. The second kappa shape index (κ2) is 8.66. The van der Waals surface area contributed by atoms with Crippen molar-refractivity contribution in [1.29, 1.82) is 0 Å². The van der Waals surface area contributed by atoms with E-state index >= 15 is 0 Å². The molecule has 0 radical (unpaired) electrons. The summed E-state index contributed by atoms with van der Waals surface area (Å²) in [5.41, 5.74) is 3.07. The van der Waals surface area contributed by atoms with Crippen LogP contribution in [0.5, 0.6) is 0 Å². The first kappa shape index (κ1) is 18.9. The Morgan fingerprint density at radius 1 is 1.15 bits per heavy atom. The Balaban J connectivity index is 1.45. The van der Waals surface area contributed by atoms with E-state index in [2.05, 4.69) is 10.3 Å². The number of aromatic nitrogens is 1. The molecule has 2 amide bonds. The molecular formula is C21H25N3O3. The molecule has 3 rings (SSSR count). The summed E-state index contributed by atoms with van der Waals surface area (Å²) in [5, 5.41) is 2.89.